The van der Waals surface area contributed by atoms with Gasteiger partial charge in [-0.1, -0.05) is 0 Å². The van der Waals surface area contributed by atoms with Crippen molar-refractivity contribution < 1.29 is 32.3 Å². The molecule has 2 saturated heterocycles. The number of esters is 1. The molecule has 0 radical (unpaired) electrons. The van der Waals surface area contributed by atoms with Gasteiger partial charge in [0.2, 0.25) is 15.9 Å². The van der Waals surface area contributed by atoms with Crippen molar-refractivity contribution in [1.29, 1.82) is 0 Å². The Kier molecular flexibility index (Phi) is 7.15. The molecule has 2 aliphatic heterocycles. The van der Waals surface area contributed by atoms with Crippen LogP contribution in [0.25, 0.3) is 0 Å². The molecule has 0 unspecified atom stereocenters. The summed E-state index contributed by atoms with van der Waals surface area (Å²) in [6.07, 6.45) is 0.584. The number of carbonyl (C=O) groups excluding carboxylic acids is 3. The Hall–Kier alpha value is -1.88. The lowest BCUT2D eigenvalue weighted by Crippen LogP contribution is -2.60. The van der Waals surface area contributed by atoms with E-state index in [-0.39, 0.29) is 24.9 Å². The van der Waals surface area contributed by atoms with Gasteiger partial charge in [0.25, 0.3) is 0 Å². The Morgan fingerprint density at radius 1 is 1.21 bits per heavy atom. The van der Waals surface area contributed by atoms with Gasteiger partial charge >= 0.3 is 12.1 Å². The first-order chi connectivity index (χ1) is 13.4. The van der Waals surface area contributed by atoms with Crippen LogP contribution in [0.2, 0.25) is 0 Å². The summed E-state index contributed by atoms with van der Waals surface area (Å²) in [5.74, 6) is -1.14. The maximum atomic E-state index is 13.3. The molecule has 0 aromatic heterocycles. The maximum absolute atomic E-state index is 13.3. The highest BCUT2D eigenvalue weighted by Crippen LogP contribution is 2.30. The summed E-state index contributed by atoms with van der Waals surface area (Å²) in [5, 5.41) is 2.50. The van der Waals surface area contributed by atoms with E-state index in [4.69, 9.17) is 9.47 Å². The van der Waals surface area contributed by atoms with Gasteiger partial charge in [-0.2, -0.15) is 4.31 Å². The third-order valence-corrected chi connectivity index (χ3v) is 6.92. The number of amides is 2. The van der Waals surface area contributed by atoms with Gasteiger partial charge in [0.15, 0.2) is 0 Å². The number of hydrogen-bond acceptors (Lipinski definition) is 7. The number of nitrogens with zero attached hydrogens (tertiary/aromatic N) is 2. The molecule has 0 saturated carbocycles. The van der Waals surface area contributed by atoms with Crippen LogP contribution in [-0.2, 0) is 29.1 Å². The summed E-state index contributed by atoms with van der Waals surface area (Å²) in [6.45, 7) is 6.57. The van der Waals surface area contributed by atoms with Crippen molar-refractivity contribution in [3.63, 3.8) is 0 Å². The molecule has 0 aromatic rings. The lowest BCUT2D eigenvalue weighted by molar-refractivity contribution is -0.153. The fourth-order valence-electron chi connectivity index (χ4n) is 3.71. The normalized spacial score (nSPS) is 26.3. The van der Waals surface area contributed by atoms with Crippen LogP contribution in [0.3, 0.4) is 0 Å². The number of methoxy groups -OCH3 is 1. The summed E-state index contributed by atoms with van der Waals surface area (Å²) in [7, 11) is -2.31. The van der Waals surface area contributed by atoms with Crippen LogP contribution in [0.15, 0.2) is 0 Å². The lowest BCUT2D eigenvalue weighted by Gasteiger charge is -2.38. The van der Waals surface area contributed by atoms with Crippen LogP contribution >= 0.6 is 0 Å². The molecular formula is C18H31N3O7S. The minimum Gasteiger partial charge on any atom is -0.467 e. The molecule has 2 amide bonds. The Morgan fingerprint density at radius 2 is 1.86 bits per heavy atom. The zero-order valence-electron chi connectivity index (χ0n) is 17.6. The number of ether oxygens (including phenoxy) is 2. The van der Waals surface area contributed by atoms with Crippen molar-refractivity contribution in [3.8, 4) is 0 Å². The second-order valence-corrected chi connectivity index (χ2v) is 10.5. The van der Waals surface area contributed by atoms with Crippen molar-refractivity contribution in [2.75, 3.05) is 26.0 Å². The Morgan fingerprint density at radius 3 is 2.41 bits per heavy atom. The summed E-state index contributed by atoms with van der Waals surface area (Å²) in [5.41, 5.74) is -0.783. The fourth-order valence-corrected chi connectivity index (χ4v) is 4.83. The van der Waals surface area contributed by atoms with E-state index < -0.39 is 45.7 Å². The van der Waals surface area contributed by atoms with Crippen molar-refractivity contribution in [1.82, 2.24) is 14.5 Å². The van der Waals surface area contributed by atoms with Gasteiger partial charge in [-0.05, 0) is 47.0 Å². The summed E-state index contributed by atoms with van der Waals surface area (Å²) < 4.78 is 36.3. The van der Waals surface area contributed by atoms with Crippen LogP contribution in [0.1, 0.15) is 47.0 Å². The highest BCUT2D eigenvalue weighted by atomic mass is 32.2. The molecule has 2 heterocycles. The minimum atomic E-state index is -3.57. The Balaban J connectivity index is 2.34. The first kappa shape index (κ1) is 23.4. The average molecular weight is 434 g/mol. The number of carbonyl (C=O) groups is 3. The van der Waals surface area contributed by atoms with Crippen LogP contribution in [0.4, 0.5) is 4.79 Å². The quantitative estimate of drug-likeness (QED) is 0.639. The predicted octanol–water partition coefficient (Wildman–Crippen LogP) is 0.468. The zero-order chi connectivity index (χ0) is 22.0. The number of nitrogens with one attached hydrogen (secondary N) is 1. The third-order valence-electron chi connectivity index (χ3n) is 5.08. The monoisotopic (exact) mass is 433 g/mol. The number of rotatable bonds is 4. The topological polar surface area (TPSA) is 122 Å². The van der Waals surface area contributed by atoms with Crippen molar-refractivity contribution >= 4 is 28.0 Å². The largest absolute Gasteiger partial charge is 0.467 e. The standard InChI is InChI=1S/C18H31N3O7S/c1-6-29(25,26)20-10-9-12-7-8-14(16(23)27-5)21(12)15(22)13(11-20)19-17(24)28-18(2,3)4/h12-14H,6-11H2,1-5H3,(H,19,24)/t12-,13+,14+/m1/s1. The molecule has 166 valence electrons. The van der Waals surface area contributed by atoms with E-state index in [1.807, 2.05) is 0 Å². The highest BCUT2D eigenvalue weighted by molar-refractivity contribution is 7.89. The van der Waals surface area contributed by atoms with Gasteiger partial charge in [-0.15, -0.1) is 0 Å². The van der Waals surface area contributed by atoms with Crippen LogP contribution in [0, 0.1) is 0 Å². The summed E-state index contributed by atoms with van der Waals surface area (Å²) >= 11 is 0. The molecule has 2 rings (SSSR count). The van der Waals surface area contributed by atoms with E-state index in [1.54, 1.807) is 20.8 Å². The van der Waals surface area contributed by atoms with Crippen molar-refractivity contribution in [3.05, 3.63) is 0 Å². The second-order valence-electron chi connectivity index (χ2n) is 8.26. The first-order valence-electron chi connectivity index (χ1n) is 9.77. The molecule has 0 spiro atoms. The molecule has 3 atom stereocenters. The summed E-state index contributed by atoms with van der Waals surface area (Å²) in [4.78, 5) is 39.2. The van der Waals surface area contributed by atoms with E-state index >= 15 is 0 Å². The van der Waals surface area contributed by atoms with Crippen molar-refractivity contribution in [2.45, 2.75) is 70.7 Å². The van der Waals surface area contributed by atoms with Crippen LogP contribution in [0.5, 0.6) is 0 Å². The third kappa shape index (κ3) is 5.59. The molecule has 11 heteroatoms. The first-order valence-corrected chi connectivity index (χ1v) is 11.4. The smallest absolute Gasteiger partial charge is 0.408 e. The maximum Gasteiger partial charge on any atom is 0.408 e. The molecule has 2 fully saturated rings. The van der Waals surface area contributed by atoms with E-state index in [1.165, 1.54) is 23.2 Å². The molecule has 2 aliphatic rings. The SMILES string of the molecule is CCS(=O)(=O)N1CC[C@H]2CC[C@@H](C(=O)OC)N2C(=O)[C@@H](NC(=O)OC(C)(C)C)C1. The molecule has 0 aromatic carbocycles. The predicted molar refractivity (Wildman–Crippen MR) is 104 cm³/mol. The van der Waals surface area contributed by atoms with Crippen molar-refractivity contribution in [2.24, 2.45) is 0 Å². The Bertz CT molecular complexity index is 747. The molecule has 1 N–H and O–H groups in total. The molecule has 0 aliphatic carbocycles. The molecular weight excluding hydrogens is 402 g/mol. The van der Waals surface area contributed by atoms with Gasteiger partial charge in [-0.25, -0.2) is 18.0 Å². The summed E-state index contributed by atoms with van der Waals surface area (Å²) in [6, 6.07) is -2.21. The van der Waals surface area contributed by atoms with Crippen LogP contribution < -0.4 is 5.32 Å². The van der Waals surface area contributed by atoms with E-state index in [0.717, 1.165) is 0 Å². The Labute approximate surface area is 171 Å². The molecule has 10 nitrogen and oxygen atoms in total. The lowest BCUT2D eigenvalue weighted by atomic mass is 10.1. The van der Waals surface area contributed by atoms with Gasteiger partial charge < -0.3 is 19.7 Å². The fraction of sp³-hybridized carbons (Fsp3) is 0.833. The van der Waals surface area contributed by atoms with Crippen LogP contribution in [-0.4, -0.2) is 85.3 Å². The van der Waals surface area contributed by atoms with Gasteiger partial charge in [0.05, 0.1) is 12.9 Å². The number of fused-ring (bicyclic) bond motifs is 1. The van der Waals surface area contributed by atoms with Gasteiger partial charge in [0.1, 0.15) is 17.7 Å². The molecule has 0 bridgehead atoms. The van der Waals surface area contributed by atoms with Gasteiger partial charge in [-0.3, -0.25) is 4.79 Å². The number of hydrogen-bond donors (Lipinski definition) is 1. The number of alkyl carbamates (subject to hydrolysis) is 1. The van der Waals surface area contributed by atoms with E-state index in [2.05, 4.69) is 5.32 Å². The minimum absolute atomic E-state index is 0.112. The highest BCUT2D eigenvalue weighted by Gasteiger charge is 2.46. The molecule has 29 heavy (non-hydrogen) atoms. The number of sulfonamides is 1. The van der Waals surface area contributed by atoms with Gasteiger partial charge in [0, 0.05) is 19.1 Å². The van der Waals surface area contributed by atoms with E-state index in [0.29, 0.717) is 19.3 Å². The average Bonchev–Trinajstić information content (AvgIpc) is 3.03. The van der Waals surface area contributed by atoms with E-state index in [9.17, 15) is 22.8 Å². The zero-order valence-corrected chi connectivity index (χ0v) is 18.5. The second kappa shape index (κ2) is 8.86.